The molecule has 0 aromatic heterocycles. The highest BCUT2D eigenvalue weighted by Crippen LogP contribution is 2.19. The van der Waals surface area contributed by atoms with E-state index in [9.17, 15) is 4.39 Å². The third-order valence-corrected chi connectivity index (χ3v) is 3.88. The van der Waals surface area contributed by atoms with Crippen LogP contribution in [0.2, 0.25) is 0 Å². The first-order valence-corrected chi connectivity index (χ1v) is 8.66. The van der Waals surface area contributed by atoms with E-state index < -0.39 is 0 Å². The number of halogens is 1. The summed E-state index contributed by atoms with van der Waals surface area (Å²) in [6.07, 6.45) is 0. The number of rotatable bonds is 8. The molecule has 0 atom stereocenters. The Morgan fingerprint density at radius 2 is 1.58 bits per heavy atom. The molecular weight excluding hydrogens is 329 g/mol. The summed E-state index contributed by atoms with van der Waals surface area (Å²) in [5.41, 5.74) is 3.09. The Balaban J connectivity index is 1.54. The zero-order valence-electron chi connectivity index (χ0n) is 14.7. The second kappa shape index (κ2) is 8.90. The van der Waals surface area contributed by atoms with Gasteiger partial charge in [-0.05, 0) is 66.6 Å². The SMILES string of the molecule is CCOc1ccc(NCc2cccc(OCc3ccc(F)cc3)c2)cc1. The summed E-state index contributed by atoms with van der Waals surface area (Å²) in [4.78, 5) is 0. The van der Waals surface area contributed by atoms with Crippen LogP contribution in [0.4, 0.5) is 10.1 Å². The van der Waals surface area contributed by atoms with Crippen molar-refractivity contribution in [3.63, 3.8) is 0 Å². The lowest BCUT2D eigenvalue weighted by atomic mass is 10.2. The summed E-state index contributed by atoms with van der Waals surface area (Å²) >= 11 is 0. The zero-order valence-corrected chi connectivity index (χ0v) is 14.7. The summed E-state index contributed by atoms with van der Waals surface area (Å²) in [6, 6.07) is 22.2. The van der Waals surface area contributed by atoms with Crippen LogP contribution in [0, 0.1) is 5.82 Å². The summed E-state index contributed by atoms with van der Waals surface area (Å²) < 4.78 is 24.2. The minimum atomic E-state index is -0.240. The van der Waals surface area contributed by atoms with Gasteiger partial charge < -0.3 is 14.8 Å². The average molecular weight is 351 g/mol. The standard InChI is InChI=1S/C22H22FNO2/c1-2-25-21-12-10-20(11-13-21)24-15-18-4-3-5-22(14-18)26-16-17-6-8-19(23)9-7-17/h3-14,24H,2,15-16H2,1H3. The summed E-state index contributed by atoms with van der Waals surface area (Å²) in [6.45, 7) is 3.74. The molecule has 3 nitrogen and oxygen atoms in total. The molecule has 0 heterocycles. The fourth-order valence-electron chi connectivity index (χ4n) is 2.53. The molecule has 3 aromatic rings. The van der Waals surface area contributed by atoms with E-state index in [-0.39, 0.29) is 5.82 Å². The van der Waals surface area contributed by atoms with E-state index >= 15 is 0 Å². The zero-order chi connectivity index (χ0) is 18.2. The Bertz CT molecular complexity index is 816. The van der Waals surface area contributed by atoms with E-state index in [1.54, 1.807) is 12.1 Å². The summed E-state index contributed by atoms with van der Waals surface area (Å²) in [7, 11) is 0. The van der Waals surface area contributed by atoms with Gasteiger partial charge in [-0.2, -0.15) is 0 Å². The molecule has 134 valence electrons. The van der Waals surface area contributed by atoms with E-state index in [1.165, 1.54) is 12.1 Å². The van der Waals surface area contributed by atoms with E-state index in [0.717, 1.165) is 28.3 Å². The molecule has 0 unspecified atom stereocenters. The Kier molecular flexibility index (Phi) is 6.09. The predicted octanol–water partition coefficient (Wildman–Crippen LogP) is 5.42. The first-order valence-electron chi connectivity index (χ1n) is 8.66. The second-order valence-electron chi connectivity index (χ2n) is 5.87. The van der Waals surface area contributed by atoms with Crippen molar-refractivity contribution < 1.29 is 13.9 Å². The molecule has 26 heavy (non-hydrogen) atoms. The van der Waals surface area contributed by atoms with Crippen molar-refractivity contribution in [3.05, 3.63) is 89.7 Å². The van der Waals surface area contributed by atoms with Crippen LogP contribution in [0.1, 0.15) is 18.1 Å². The lowest BCUT2D eigenvalue weighted by Gasteiger charge is -2.10. The van der Waals surface area contributed by atoms with Crippen LogP contribution in [0.5, 0.6) is 11.5 Å². The Morgan fingerprint density at radius 3 is 2.31 bits per heavy atom. The molecule has 0 spiro atoms. The maximum absolute atomic E-state index is 12.9. The van der Waals surface area contributed by atoms with E-state index in [1.807, 2.05) is 55.5 Å². The number of anilines is 1. The Hall–Kier alpha value is -3.01. The van der Waals surface area contributed by atoms with Crippen molar-refractivity contribution in [1.29, 1.82) is 0 Å². The molecule has 4 heteroatoms. The third kappa shape index (κ3) is 5.24. The highest BCUT2D eigenvalue weighted by Gasteiger charge is 2.00. The van der Waals surface area contributed by atoms with Crippen molar-refractivity contribution >= 4 is 5.69 Å². The van der Waals surface area contributed by atoms with Gasteiger partial charge in [-0.25, -0.2) is 4.39 Å². The van der Waals surface area contributed by atoms with Crippen LogP contribution in [-0.2, 0) is 13.2 Å². The van der Waals surface area contributed by atoms with E-state index in [4.69, 9.17) is 9.47 Å². The molecule has 1 N–H and O–H groups in total. The Morgan fingerprint density at radius 1 is 0.808 bits per heavy atom. The maximum Gasteiger partial charge on any atom is 0.123 e. The maximum atomic E-state index is 12.9. The highest BCUT2D eigenvalue weighted by atomic mass is 19.1. The molecule has 0 saturated carbocycles. The molecular formula is C22H22FNO2. The largest absolute Gasteiger partial charge is 0.494 e. The van der Waals surface area contributed by atoms with E-state index in [2.05, 4.69) is 5.32 Å². The van der Waals surface area contributed by atoms with Gasteiger partial charge in [-0.1, -0.05) is 24.3 Å². The smallest absolute Gasteiger partial charge is 0.123 e. The minimum absolute atomic E-state index is 0.240. The molecule has 0 bridgehead atoms. The van der Waals surface area contributed by atoms with Gasteiger partial charge in [-0.15, -0.1) is 0 Å². The molecule has 0 aliphatic heterocycles. The molecule has 3 rings (SSSR count). The van der Waals surface area contributed by atoms with Gasteiger partial charge in [0.05, 0.1) is 6.61 Å². The minimum Gasteiger partial charge on any atom is -0.494 e. The van der Waals surface area contributed by atoms with Crippen LogP contribution in [0.15, 0.2) is 72.8 Å². The molecule has 0 amide bonds. The normalized spacial score (nSPS) is 10.4. The average Bonchev–Trinajstić information content (AvgIpc) is 2.68. The van der Waals surface area contributed by atoms with Crippen molar-refractivity contribution in [2.75, 3.05) is 11.9 Å². The number of ether oxygens (including phenoxy) is 2. The lowest BCUT2D eigenvalue weighted by Crippen LogP contribution is -2.01. The number of nitrogens with one attached hydrogen (secondary N) is 1. The highest BCUT2D eigenvalue weighted by molar-refractivity contribution is 5.47. The summed E-state index contributed by atoms with van der Waals surface area (Å²) in [5.74, 6) is 1.42. The van der Waals surface area contributed by atoms with Crippen LogP contribution < -0.4 is 14.8 Å². The molecule has 0 aliphatic rings. The molecule has 0 fully saturated rings. The van der Waals surface area contributed by atoms with Gasteiger partial charge in [0, 0.05) is 12.2 Å². The van der Waals surface area contributed by atoms with Gasteiger partial charge >= 0.3 is 0 Å². The number of hydrogen-bond acceptors (Lipinski definition) is 3. The predicted molar refractivity (Wildman–Crippen MR) is 102 cm³/mol. The van der Waals surface area contributed by atoms with Crippen LogP contribution in [-0.4, -0.2) is 6.61 Å². The van der Waals surface area contributed by atoms with Crippen molar-refractivity contribution in [1.82, 2.24) is 0 Å². The second-order valence-corrected chi connectivity index (χ2v) is 5.87. The van der Waals surface area contributed by atoms with Gasteiger partial charge in [0.2, 0.25) is 0 Å². The summed E-state index contributed by atoms with van der Waals surface area (Å²) in [5, 5.41) is 3.38. The van der Waals surface area contributed by atoms with E-state index in [0.29, 0.717) is 19.8 Å². The van der Waals surface area contributed by atoms with Gasteiger partial charge in [0.25, 0.3) is 0 Å². The monoisotopic (exact) mass is 351 g/mol. The van der Waals surface area contributed by atoms with Crippen LogP contribution in [0.25, 0.3) is 0 Å². The lowest BCUT2D eigenvalue weighted by molar-refractivity contribution is 0.306. The molecule has 0 saturated heterocycles. The third-order valence-electron chi connectivity index (χ3n) is 3.88. The van der Waals surface area contributed by atoms with Crippen molar-refractivity contribution in [2.24, 2.45) is 0 Å². The fourth-order valence-corrected chi connectivity index (χ4v) is 2.53. The first kappa shape index (κ1) is 17.8. The molecule has 0 radical (unpaired) electrons. The quantitative estimate of drug-likeness (QED) is 0.588. The van der Waals surface area contributed by atoms with Crippen LogP contribution in [0.3, 0.4) is 0 Å². The Labute approximate surface area is 153 Å². The van der Waals surface area contributed by atoms with Gasteiger partial charge in [0.1, 0.15) is 23.9 Å². The number of hydrogen-bond donors (Lipinski definition) is 1. The first-order chi connectivity index (χ1) is 12.7. The van der Waals surface area contributed by atoms with Gasteiger partial charge in [0.15, 0.2) is 0 Å². The van der Waals surface area contributed by atoms with Crippen LogP contribution >= 0.6 is 0 Å². The molecule has 3 aromatic carbocycles. The number of benzene rings is 3. The van der Waals surface area contributed by atoms with Crippen molar-refractivity contribution in [2.45, 2.75) is 20.1 Å². The fraction of sp³-hybridized carbons (Fsp3) is 0.182. The van der Waals surface area contributed by atoms with Gasteiger partial charge in [-0.3, -0.25) is 0 Å². The molecule has 0 aliphatic carbocycles. The topological polar surface area (TPSA) is 30.5 Å². The van der Waals surface area contributed by atoms with Crippen molar-refractivity contribution in [3.8, 4) is 11.5 Å².